The number of phenols is 1. The van der Waals surface area contributed by atoms with Crippen LogP contribution in [0.4, 0.5) is 4.39 Å². The van der Waals surface area contributed by atoms with Crippen molar-refractivity contribution in [2.75, 3.05) is 0 Å². The molecule has 0 radical (unpaired) electrons. The standard InChI is InChI=1S/C9H5FO3S/c10-6-3-14-8-2-7(11)5(9(12)13)1-4(6)8/h1-3,11H,(H,12,13). The first-order valence-corrected chi connectivity index (χ1v) is 4.60. The maximum Gasteiger partial charge on any atom is 0.339 e. The van der Waals surface area contributed by atoms with Crippen LogP contribution in [0.2, 0.25) is 0 Å². The van der Waals surface area contributed by atoms with Gasteiger partial charge in [0.2, 0.25) is 0 Å². The SMILES string of the molecule is O=C(O)c1cc2c(F)csc2cc1O. The van der Waals surface area contributed by atoms with Crippen molar-refractivity contribution in [3.63, 3.8) is 0 Å². The Morgan fingerprint density at radius 1 is 1.43 bits per heavy atom. The van der Waals surface area contributed by atoms with E-state index in [1.54, 1.807) is 0 Å². The largest absolute Gasteiger partial charge is 0.507 e. The number of carboxylic acid groups (broad SMARTS) is 1. The molecule has 0 atom stereocenters. The summed E-state index contributed by atoms with van der Waals surface area (Å²) >= 11 is 1.12. The lowest BCUT2D eigenvalue weighted by Crippen LogP contribution is -1.96. The summed E-state index contributed by atoms with van der Waals surface area (Å²) in [6, 6.07) is 2.39. The van der Waals surface area contributed by atoms with E-state index < -0.39 is 11.8 Å². The Bertz CT molecular complexity index is 518. The molecule has 0 amide bonds. The van der Waals surface area contributed by atoms with Crippen molar-refractivity contribution < 1.29 is 19.4 Å². The van der Waals surface area contributed by atoms with Crippen LogP contribution in [0.15, 0.2) is 17.5 Å². The molecule has 0 spiro atoms. The molecule has 1 aromatic heterocycles. The molecule has 2 aromatic rings. The van der Waals surface area contributed by atoms with Gasteiger partial charge in [-0.15, -0.1) is 11.3 Å². The summed E-state index contributed by atoms with van der Waals surface area (Å²) < 4.78 is 13.6. The van der Waals surface area contributed by atoms with Gasteiger partial charge < -0.3 is 10.2 Å². The van der Waals surface area contributed by atoms with E-state index in [0.717, 1.165) is 17.4 Å². The van der Waals surface area contributed by atoms with Crippen molar-refractivity contribution >= 4 is 27.4 Å². The summed E-state index contributed by atoms with van der Waals surface area (Å²) in [4.78, 5) is 10.6. The highest BCUT2D eigenvalue weighted by Gasteiger charge is 2.13. The van der Waals surface area contributed by atoms with Crippen LogP contribution in [0.5, 0.6) is 5.75 Å². The maximum absolute atomic E-state index is 13.1. The predicted octanol–water partition coefficient (Wildman–Crippen LogP) is 2.44. The Labute approximate surface area is 82.0 Å². The molecule has 0 saturated heterocycles. The van der Waals surface area contributed by atoms with Gasteiger partial charge in [-0.25, -0.2) is 9.18 Å². The first kappa shape index (κ1) is 8.96. The van der Waals surface area contributed by atoms with Gasteiger partial charge in [-0.05, 0) is 12.1 Å². The number of carboxylic acids is 1. The number of benzene rings is 1. The van der Waals surface area contributed by atoms with Crippen LogP contribution < -0.4 is 0 Å². The van der Waals surface area contributed by atoms with Crippen molar-refractivity contribution in [2.24, 2.45) is 0 Å². The molecule has 0 saturated carbocycles. The Hall–Kier alpha value is -1.62. The minimum Gasteiger partial charge on any atom is -0.507 e. The lowest BCUT2D eigenvalue weighted by molar-refractivity contribution is 0.0694. The number of carbonyl (C=O) groups is 1. The highest BCUT2D eigenvalue weighted by atomic mass is 32.1. The van der Waals surface area contributed by atoms with E-state index >= 15 is 0 Å². The van der Waals surface area contributed by atoms with Crippen molar-refractivity contribution in [3.05, 3.63) is 28.9 Å². The average molecular weight is 212 g/mol. The number of rotatable bonds is 1. The molecule has 5 heteroatoms. The van der Waals surface area contributed by atoms with E-state index in [4.69, 9.17) is 5.11 Å². The minimum atomic E-state index is -1.27. The molecule has 14 heavy (non-hydrogen) atoms. The van der Waals surface area contributed by atoms with Gasteiger partial charge in [0.15, 0.2) is 0 Å². The Balaban J connectivity index is 2.80. The molecular weight excluding hydrogens is 207 g/mol. The van der Waals surface area contributed by atoms with Crippen LogP contribution in [0.25, 0.3) is 10.1 Å². The summed E-state index contributed by atoms with van der Waals surface area (Å²) in [6.07, 6.45) is 0. The molecule has 2 rings (SSSR count). The second-order valence-corrected chi connectivity index (χ2v) is 3.67. The molecule has 1 aromatic carbocycles. The first-order chi connectivity index (χ1) is 6.59. The third-order valence-corrected chi connectivity index (χ3v) is 2.79. The van der Waals surface area contributed by atoms with Crippen LogP contribution in [-0.2, 0) is 0 Å². The monoisotopic (exact) mass is 212 g/mol. The van der Waals surface area contributed by atoms with Crippen molar-refractivity contribution in [1.82, 2.24) is 0 Å². The predicted molar refractivity (Wildman–Crippen MR) is 50.4 cm³/mol. The zero-order valence-electron chi connectivity index (χ0n) is 6.82. The molecule has 2 N–H and O–H groups in total. The number of halogens is 1. The van der Waals surface area contributed by atoms with Crippen LogP contribution >= 0.6 is 11.3 Å². The van der Waals surface area contributed by atoms with Crippen LogP contribution in [-0.4, -0.2) is 16.2 Å². The number of fused-ring (bicyclic) bond motifs is 1. The number of hydrogen-bond acceptors (Lipinski definition) is 3. The van der Waals surface area contributed by atoms with Gasteiger partial charge in [0.25, 0.3) is 0 Å². The quantitative estimate of drug-likeness (QED) is 0.763. The minimum absolute atomic E-state index is 0.227. The van der Waals surface area contributed by atoms with Gasteiger partial charge in [-0.2, -0.15) is 0 Å². The van der Waals surface area contributed by atoms with E-state index in [-0.39, 0.29) is 16.7 Å². The number of thiophene rings is 1. The van der Waals surface area contributed by atoms with E-state index in [1.165, 1.54) is 11.4 Å². The number of hydrogen-bond donors (Lipinski definition) is 2. The zero-order chi connectivity index (χ0) is 10.3. The summed E-state index contributed by atoms with van der Waals surface area (Å²) in [6.45, 7) is 0. The van der Waals surface area contributed by atoms with Crippen LogP contribution in [0.1, 0.15) is 10.4 Å². The molecule has 0 aliphatic rings. The smallest absolute Gasteiger partial charge is 0.339 e. The zero-order valence-corrected chi connectivity index (χ0v) is 7.64. The second-order valence-electron chi connectivity index (χ2n) is 2.75. The van der Waals surface area contributed by atoms with Gasteiger partial charge in [0.1, 0.15) is 17.1 Å². The summed E-state index contributed by atoms with van der Waals surface area (Å²) in [5.41, 5.74) is -0.283. The fourth-order valence-electron chi connectivity index (χ4n) is 1.20. The van der Waals surface area contributed by atoms with Crippen LogP contribution in [0.3, 0.4) is 0 Å². The van der Waals surface area contributed by atoms with Gasteiger partial charge in [0.05, 0.1) is 0 Å². The highest BCUT2D eigenvalue weighted by Crippen LogP contribution is 2.30. The van der Waals surface area contributed by atoms with Gasteiger partial charge in [0, 0.05) is 15.5 Å². The van der Waals surface area contributed by atoms with Crippen molar-refractivity contribution in [1.29, 1.82) is 0 Å². The van der Waals surface area contributed by atoms with Gasteiger partial charge in [-0.3, -0.25) is 0 Å². The van der Waals surface area contributed by atoms with E-state index in [2.05, 4.69) is 0 Å². The molecule has 0 unspecified atom stereocenters. The number of aromatic carboxylic acids is 1. The highest BCUT2D eigenvalue weighted by molar-refractivity contribution is 7.17. The molecular formula is C9H5FO3S. The molecule has 0 fully saturated rings. The van der Waals surface area contributed by atoms with Crippen molar-refractivity contribution in [2.45, 2.75) is 0 Å². The summed E-state index contributed by atoms with van der Waals surface area (Å²) in [5.74, 6) is -2.07. The van der Waals surface area contributed by atoms with E-state index in [9.17, 15) is 14.3 Å². The lowest BCUT2D eigenvalue weighted by atomic mass is 10.1. The average Bonchev–Trinajstić information content (AvgIpc) is 2.46. The third kappa shape index (κ3) is 1.22. The summed E-state index contributed by atoms with van der Waals surface area (Å²) in [5, 5.41) is 19.5. The normalized spacial score (nSPS) is 10.6. The Morgan fingerprint density at radius 2 is 2.14 bits per heavy atom. The second kappa shape index (κ2) is 2.95. The first-order valence-electron chi connectivity index (χ1n) is 3.72. The van der Waals surface area contributed by atoms with Gasteiger partial charge >= 0.3 is 5.97 Å². The number of aromatic hydroxyl groups is 1. The topological polar surface area (TPSA) is 57.5 Å². The molecule has 3 nitrogen and oxygen atoms in total. The maximum atomic E-state index is 13.1. The summed E-state index contributed by atoms with van der Waals surface area (Å²) in [7, 11) is 0. The van der Waals surface area contributed by atoms with E-state index in [1.807, 2.05) is 0 Å². The molecule has 0 aliphatic heterocycles. The van der Waals surface area contributed by atoms with E-state index in [0.29, 0.717) is 4.70 Å². The Kier molecular flexibility index (Phi) is 1.89. The van der Waals surface area contributed by atoms with Gasteiger partial charge in [-0.1, -0.05) is 0 Å². The third-order valence-electron chi connectivity index (χ3n) is 1.87. The molecule has 1 heterocycles. The van der Waals surface area contributed by atoms with Crippen molar-refractivity contribution in [3.8, 4) is 5.75 Å². The fourth-order valence-corrected chi connectivity index (χ4v) is 2.02. The Morgan fingerprint density at radius 3 is 2.79 bits per heavy atom. The van der Waals surface area contributed by atoms with Crippen LogP contribution in [0, 0.1) is 5.82 Å². The molecule has 0 bridgehead atoms. The molecule has 72 valence electrons. The fraction of sp³-hybridized carbons (Fsp3) is 0. The molecule has 0 aliphatic carbocycles. The lowest BCUT2D eigenvalue weighted by Gasteiger charge is -1.98.